The first-order valence-electron chi connectivity index (χ1n) is 8.19. The van der Waals surface area contributed by atoms with Gasteiger partial charge in [0.25, 0.3) is 0 Å². The van der Waals surface area contributed by atoms with Crippen LogP contribution in [0.25, 0.3) is 0 Å². The molecule has 1 atom stereocenters. The van der Waals surface area contributed by atoms with Gasteiger partial charge in [0, 0.05) is 25.7 Å². The Morgan fingerprint density at radius 3 is 2.45 bits per heavy atom. The Bertz CT molecular complexity index is 545. The maximum atomic E-state index is 11.7. The van der Waals surface area contributed by atoms with Gasteiger partial charge in [-0.15, -0.1) is 0 Å². The smallest absolute Gasteiger partial charge is 0.351 e. The summed E-state index contributed by atoms with van der Waals surface area (Å²) < 4.78 is 0. The molecule has 2 aliphatic rings. The highest BCUT2D eigenvalue weighted by molar-refractivity contribution is 5.71. The highest BCUT2D eigenvalue weighted by atomic mass is 16.6. The summed E-state index contributed by atoms with van der Waals surface area (Å²) in [6, 6.07) is 0.288. The highest BCUT2D eigenvalue weighted by Gasteiger charge is 2.33. The lowest BCUT2D eigenvalue weighted by Crippen LogP contribution is -2.39. The van der Waals surface area contributed by atoms with Gasteiger partial charge in [-0.3, -0.25) is 10.1 Å². The van der Waals surface area contributed by atoms with E-state index in [1.807, 2.05) is 4.90 Å². The van der Waals surface area contributed by atoms with Crippen LogP contribution in [0.4, 0.5) is 17.3 Å². The molecule has 0 radical (unpaired) electrons. The molecular weight excluding hydrogens is 282 g/mol. The van der Waals surface area contributed by atoms with E-state index in [1.54, 1.807) is 0 Å². The summed E-state index contributed by atoms with van der Waals surface area (Å²) in [6.07, 6.45) is 8.09. The zero-order valence-corrected chi connectivity index (χ0v) is 13.1. The monoisotopic (exact) mass is 305 g/mol. The first-order chi connectivity index (χ1) is 10.7. The number of nitrogens with zero attached hydrogens (tertiary/aromatic N) is 5. The molecule has 0 aliphatic carbocycles. The van der Waals surface area contributed by atoms with Crippen molar-refractivity contribution in [3.05, 3.63) is 16.4 Å². The molecule has 3 heterocycles. The van der Waals surface area contributed by atoms with Crippen molar-refractivity contribution in [2.24, 2.45) is 0 Å². The number of anilines is 2. The average Bonchev–Trinajstić information content (AvgIpc) is 2.55. The number of aromatic nitrogens is 2. The topological polar surface area (TPSA) is 75.4 Å². The number of rotatable bonds is 3. The third-order valence-electron chi connectivity index (χ3n) is 4.70. The van der Waals surface area contributed by atoms with Gasteiger partial charge in [-0.05, 0) is 45.4 Å². The Labute approximate surface area is 130 Å². The van der Waals surface area contributed by atoms with Crippen molar-refractivity contribution in [1.29, 1.82) is 0 Å². The van der Waals surface area contributed by atoms with Crippen LogP contribution in [0.1, 0.15) is 45.4 Å². The molecule has 0 N–H and O–H groups in total. The summed E-state index contributed by atoms with van der Waals surface area (Å²) in [5, 5.41) is 11.7. The standard InChI is InChI=1S/C15H23N5O2/c1-12-7-3-6-10-19(12)15-13(20(21)22)14(16-11-17-15)18-8-4-2-5-9-18/h11-12H,2-10H2,1H3. The van der Waals surface area contributed by atoms with Gasteiger partial charge in [0.05, 0.1) is 4.92 Å². The molecule has 2 fully saturated rings. The maximum Gasteiger partial charge on any atom is 0.353 e. The second kappa shape index (κ2) is 6.46. The minimum atomic E-state index is -0.305. The van der Waals surface area contributed by atoms with Crippen LogP contribution in [-0.2, 0) is 0 Å². The van der Waals surface area contributed by atoms with E-state index in [0.29, 0.717) is 11.6 Å². The number of nitro groups is 1. The summed E-state index contributed by atoms with van der Waals surface area (Å²) in [6.45, 7) is 4.63. The minimum Gasteiger partial charge on any atom is -0.351 e. The second-order valence-corrected chi connectivity index (χ2v) is 6.21. The van der Waals surface area contributed by atoms with Crippen molar-refractivity contribution in [3.63, 3.8) is 0 Å². The summed E-state index contributed by atoms with van der Waals surface area (Å²) in [5.41, 5.74) is 0.0816. The molecule has 1 aromatic rings. The molecule has 1 unspecified atom stereocenters. The predicted molar refractivity (Wildman–Crippen MR) is 85.4 cm³/mol. The van der Waals surface area contributed by atoms with Gasteiger partial charge >= 0.3 is 5.69 Å². The third kappa shape index (κ3) is 2.84. The Kier molecular flexibility index (Phi) is 4.40. The molecular formula is C15H23N5O2. The fourth-order valence-corrected chi connectivity index (χ4v) is 3.48. The number of piperidine rings is 2. The van der Waals surface area contributed by atoms with Crippen molar-refractivity contribution < 1.29 is 4.92 Å². The molecule has 120 valence electrons. The third-order valence-corrected chi connectivity index (χ3v) is 4.70. The quantitative estimate of drug-likeness (QED) is 0.631. The lowest BCUT2D eigenvalue weighted by molar-refractivity contribution is -0.383. The summed E-state index contributed by atoms with van der Waals surface area (Å²) in [7, 11) is 0. The van der Waals surface area contributed by atoms with Gasteiger partial charge in [-0.2, -0.15) is 0 Å². The maximum absolute atomic E-state index is 11.7. The molecule has 2 aliphatic heterocycles. The van der Waals surface area contributed by atoms with Crippen LogP contribution < -0.4 is 9.80 Å². The summed E-state index contributed by atoms with van der Waals surface area (Å²) in [4.78, 5) is 24.1. The van der Waals surface area contributed by atoms with Crippen LogP contribution >= 0.6 is 0 Å². The number of hydrogen-bond acceptors (Lipinski definition) is 6. The number of hydrogen-bond donors (Lipinski definition) is 0. The molecule has 0 aromatic carbocycles. The molecule has 0 saturated carbocycles. The van der Waals surface area contributed by atoms with E-state index in [-0.39, 0.29) is 16.7 Å². The van der Waals surface area contributed by atoms with Gasteiger partial charge in [0.15, 0.2) is 0 Å². The zero-order valence-electron chi connectivity index (χ0n) is 13.1. The molecule has 7 heteroatoms. The van der Waals surface area contributed by atoms with Crippen molar-refractivity contribution in [1.82, 2.24) is 9.97 Å². The predicted octanol–water partition coefficient (Wildman–Crippen LogP) is 2.75. The van der Waals surface area contributed by atoms with Crippen LogP contribution in [0.3, 0.4) is 0 Å². The molecule has 22 heavy (non-hydrogen) atoms. The zero-order chi connectivity index (χ0) is 15.5. The van der Waals surface area contributed by atoms with Gasteiger partial charge in [0.1, 0.15) is 6.33 Å². The Morgan fingerprint density at radius 1 is 1.09 bits per heavy atom. The van der Waals surface area contributed by atoms with E-state index in [2.05, 4.69) is 21.8 Å². The van der Waals surface area contributed by atoms with E-state index in [0.717, 1.165) is 45.3 Å². The van der Waals surface area contributed by atoms with Crippen LogP contribution in [-0.4, -0.2) is 40.6 Å². The Hall–Kier alpha value is -1.92. The molecule has 1 aromatic heterocycles. The van der Waals surface area contributed by atoms with Crippen LogP contribution in [0.5, 0.6) is 0 Å². The van der Waals surface area contributed by atoms with Crippen molar-refractivity contribution in [3.8, 4) is 0 Å². The van der Waals surface area contributed by atoms with E-state index >= 15 is 0 Å². The SMILES string of the molecule is CC1CCCCN1c1ncnc(N2CCCCC2)c1[N+](=O)[O-]. The van der Waals surface area contributed by atoms with Crippen LogP contribution in [0.15, 0.2) is 6.33 Å². The van der Waals surface area contributed by atoms with Crippen LogP contribution in [0.2, 0.25) is 0 Å². The van der Waals surface area contributed by atoms with Gasteiger partial charge < -0.3 is 9.80 Å². The summed E-state index contributed by atoms with van der Waals surface area (Å²) >= 11 is 0. The first-order valence-corrected chi connectivity index (χ1v) is 8.19. The van der Waals surface area contributed by atoms with Crippen molar-refractivity contribution in [2.75, 3.05) is 29.4 Å². The minimum absolute atomic E-state index is 0.0816. The Balaban J connectivity index is 2.00. The van der Waals surface area contributed by atoms with E-state index in [4.69, 9.17) is 0 Å². The van der Waals surface area contributed by atoms with Crippen molar-refractivity contribution in [2.45, 2.75) is 51.5 Å². The lowest BCUT2D eigenvalue weighted by atomic mass is 10.0. The van der Waals surface area contributed by atoms with Crippen LogP contribution in [0, 0.1) is 10.1 Å². The van der Waals surface area contributed by atoms with Gasteiger partial charge in [-0.25, -0.2) is 9.97 Å². The molecule has 3 rings (SSSR count). The normalized spacial score (nSPS) is 22.7. The van der Waals surface area contributed by atoms with Gasteiger partial charge in [-0.1, -0.05) is 0 Å². The molecule has 2 saturated heterocycles. The summed E-state index contributed by atoms with van der Waals surface area (Å²) in [5.74, 6) is 0.986. The van der Waals surface area contributed by atoms with E-state index < -0.39 is 0 Å². The highest BCUT2D eigenvalue weighted by Crippen LogP contribution is 2.37. The first kappa shape index (κ1) is 15.0. The van der Waals surface area contributed by atoms with Crippen molar-refractivity contribution >= 4 is 17.3 Å². The largest absolute Gasteiger partial charge is 0.353 e. The van der Waals surface area contributed by atoms with E-state index in [1.165, 1.54) is 19.2 Å². The second-order valence-electron chi connectivity index (χ2n) is 6.21. The fourth-order valence-electron chi connectivity index (χ4n) is 3.48. The van der Waals surface area contributed by atoms with Gasteiger partial charge in [0.2, 0.25) is 11.6 Å². The molecule has 0 amide bonds. The molecule has 0 bridgehead atoms. The molecule has 0 spiro atoms. The Morgan fingerprint density at radius 2 is 1.77 bits per heavy atom. The average molecular weight is 305 g/mol. The lowest BCUT2D eigenvalue weighted by Gasteiger charge is -2.34. The molecule has 7 nitrogen and oxygen atoms in total. The fraction of sp³-hybridized carbons (Fsp3) is 0.733. The van der Waals surface area contributed by atoms with E-state index in [9.17, 15) is 10.1 Å².